The van der Waals surface area contributed by atoms with Crippen molar-refractivity contribution >= 4 is 67.3 Å². The van der Waals surface area contributed by atoms with Gasteiger partial charge in [0.1, 0.15) is 35.8 Å². The van der Waals surface area contributed by atoms with E-state index in [1.807, 2.05) is 79.7 Å². The molecule has 4 heterocycles. The van der Waals surface area contributed by atoms with Crippen LogP contribution in [0.25, 0.3) is 0 Å². The lowest BCUT2D eigenvalue weighted by molar-refractivity contribution is -0.255. The molecule has 12 nitrogen and oxygen atoms in total. The lowest BCUT2D eigenvalue weighted by Gasteiger charge is -2.53. The predicted octanol–water partition coefficient (Wildman–Crippen LogP) is 12.6. The van der Waals surface area contributed by atoms with Crippen molar-refractivity contribution in [2.75, 3.05) is 0 Å². The van der Waals surface area contributed by atoms with Crippen LogP contribution >= 0.6 is 0 Å². The molecule has 4 aliphatic heterocycles. The molecule has 4 fully saturated rings. The first-order valence-electron chi connectivity index (χ1n) is 32.4. The highest BCUT2D eigenvalue weighted by Crippen LogP contribution is 2.49. The fourth-order valence-corrected chi connectivity index (χ4v) is 28.8. The second-order valence-corrected chi connectivity index (χ2v) is 42.6. The van der Waals surface area contributed by atoms with Crippen molar-refractivity contribution in [3.63, 3.8) is 0 Å². The van der Waals surface area contributed by atoms with Gasteiger partial charge in [-0.1, -0.05) is 215 Å². The van der Waals surface area contributed by atoms with Crippen LogP contribution in [-0.4, -0.2) is 123 Å². The Morgan fingerprint density at radius 1 is 0.640 bits per heavy atom. The number of ether oxygens (including phenoxy) is 4. The van der Waals surface area contributed by atoms with Gasteiger partial charge in [0, 0.05) is 18.9 Å². The minimum atomic E-state index is -4.37. The molecule has 5 aromatic carbocycles. The SMILES string of the molecule is C=C=C(C)C[C@H](CC[C@@H]1O[C@@H](CC(C(=O)C[C@H]2O[C@H]3[C@@H](O[Si](c4ccccc4)(c4ccccc4)C(C)(C)C)[C@H]4O[C@@H](CC(=O)O)CC[C@@H]4O[C@H]3[C@H]2O[Si](c2ccccc2)(c2ccccc2)C(C)(C)C)S(=O)(=O)c2ccccc2)CC1=C)O[Si](CC)(CC)CC. The third-order valence-electron chi connectivity index (χ3n) is 19.6. The summed E-state index contributed by atoms with van der Waals surface area (Å²) in [6.07, 6.45) is -5.23. The van der Waals surface area contributed by atoms with Crippen LogP contribution in [0.5, 0.6) is 0 Å². The summed E-state index contributed by atoms with van der Waals surface area (Å²) in [5.74, 6) is -1.51. The molecular weight excluding hydrogens is 1190 g/mol. The fourth-order valence-electron chi connectivity index (χ4n) is 14.8. The molecule has 0 saturated carbocycles. The quantitative estimate of drug-likeness (QED) is 0.0302. The molecule has 0 bridgehead atoms. The van der Waals surface area contributed by atoms with E-state index in [1.165, 1.54) is 0 Å². The highest BCUT2D eigenvalue weighted by atomic mass is 32.2. The summed E-state index contributed by atoms with van der Waals surface area (Å²) < 4.78 is 83.4. The number of carboxylic acid groups (broad SMARTS) is 1. The molecule has 0 aliphatic carbocycles. The Kier molecular flexibility index (Phi) is 22.0. The third-order valence-corrected chi connectivity index (χ3v) is 36.5. The first-order valence-corrected chi connectivity index (χ1v) is 40.3. The van der Waals surface area contributed by atoms with Crippen molar-refractivity contribution in [3.05, 3.63) is 182 Å². The topological polar surface area (TPSA) is 153 Å². The number of hydrogen-bond donors (Lipinski definition) is 1. The van der Waals surface area contributed by atoms with Crippen LogP contribution in [-0.2, 0) is 51.7 Å². The first kappa shape index (κ1) is 68.2. The predicted molar refractivity (Wildman–Crippen MR) is 361 cm³/mol. The number of ketones is 1. The minimum absolute atomic E-state index is 0.0353. The molecular formula is C73H96O12SSi3. The van der Waals surface area contributed by atoms with Gasteiger partial charge in [-0.2, -0.15) is 0 Å². The zero-order valence-corrected chi connectivity index (χ0v) is 57.9. The molecule has 16 heteroatoms. The zero-order valence-electron chi connectivity index (χ0n) is 54.1. The smallest absolute Gasteiger partial charge is 0.305 e. The molecule has 478 valence electrons. The maximum absolute atomic E-state index is 16.1. The number of aliphatic carboxylic acids is 1. The largest absolute Gasteiger partial charge is 0.481 e. The van der Waals surface area contributed by atoms with Gasteiger partial charge in [0.15, 0.2) is 23.9 Å². The van der Waals surface area contributed by atoms with Crippen molar-refractivity contribution in [3.8, 4) is 0 Å². The maximum atomic E-state index is 16.1. The Morgan fingerprint density at radius 3 is 1.57 bits per heavy atom. The zero-order chi connectivity index (χ0) is 63.9. The van der Waals surface area contributed by atoms with E-state index >= 15 is 13.2 Å². The van der Waals surface area contributed by atoms with Gasteiger partial charge >= 0.3 is 5.97 Å². The Morgan fingerprint density at radius 2 is 1.11 bits per heavy atom. The number of rotatable bonds is 27. The summed E-state index contributed by atoms with van der Waals surface area (Å²) >= 11 is 0. The summed E-state index contributed by atoms with van der Waals surface area (Å²) in [6.45, 7) is 30.4. The molecule has 1 N–H and O–H groups in total. The van der Waals surface area contributed by atoms with Gasteiger partial charge in [-0.05, 0) is 118 Å². The highest BCUT2D eigenvalue weighted by molar-refractivity contribution is 7.92. The number of carbonyl (C=O) groups excluding carboxylic acids is 1. The van der Waals surface area contributed by atoms with Gasteiger partial charge in [0.05, 0.1) is 41.8 Å². The third kappa shape index (κ3) is 14.6. The first-order chi connectivity index (χ1) is 42.4. The number of benzene rings is 5. The molecule has 4 aliphatic rings. The van der Waals surface area contributed by atoms with Gasteiger partial charge in [0.25, 0.3) is 16.6 Å². The van der Waals surface area contributed by atoms with Gasteiger partial charge in [0.2, 0.25) is 0 Å². The minimum Gasteiger partial charge on any atom is -0.481 e. The number of hydrogen-bond acceptors (Lipinski definition) is 11. The molecule has 0 amide bonds. The van der Waals surface area contributed by atoms with Crippen LogP contribution in [0.4, 0.5) is 0 Å². The van der Waals surface area contributed by atoms with Crippen LogP contribution in [0.2, 0.25) is 28.2 Å². The normalized spacial score (nSPS) is 24.9. The fraction of sp³-hybridized carbons (Fsp3) is 0.493. The summed E-state index contributed by atoms with van der Waals surface area (Å²) in [4.78, 5) is 28.7. The van der Waals surface area contributed by atoms with Gasteiger partial charge < -0.3 is 37.3 Å². The molecule has 12 atom stereocenters. The van der Waals surface area contributed by atoms with Crippen molar-refractivity contribution in [2.24, 2.45) is 0 Å². The number of carboxylic acids is 1. The van der Waals surface area contributed by atoms with Crippen LogP contribution in [0.3, 0.4) is 0 Å². The molecule has 0 radical (unpaired) electrons. The lowest BCUT2D eigenvalue weighted by atomic mass is 9.87. The molecule has 0 aromatic heterocycles. The summed E-state index contributed by atoms with van der Waals surface area (Å²) in [7, 11) is -13.4. The Bertz CT molecular complexity index is 3240. The van der Waals surface area contributed by atoms with E-state index in [0.717, 1.165) is 50.0 Å². The summed E-state index contributed by atoms with van der Waals surface area (Å²) in [5, 5.41) is 11.7. The van der Waals surface area contributed by atoms with Crippen molar-refractivity contribution in [2.45, 2.75) is 233 Å². The van der Waals surface area contributed by atoms with Crippen LogP contribution in [0, 0.1) is 0 Å². The van der Waals surface area contributed by atoms with Crippen molar-refractivity contribution in [1.29, 1.82) is 0 Å². The Hall–Kier alpha value is -5.18. The van der Waals surface area contributed by atoms with E-state index < -0.39 is 117 Å². The standard InChI is InChI=1S/C73H96O12SSi3/c1-13-51(5)46-54(83-87(14-2,15-3)16-4)43-44-62-52(6)47-55(79-62)48-65(86(77,78)56-32-22-17-23-33-56)61(74)50-64-68(84-88(72(7,8)9,57-34-24-18-25-35-57)58-36-26-19-27-37-58)69-70(82-64)71(67-63(81-69)45-42-53(80-67)49-66(75)76)85-89(73(10,11)12,59-38-28-20-29-39-59)60-40-30-21-31-41-60/h17-41,53-55,62-65,67-71H,1,6,14-16,42-50H2,2-5,7-12H3,(H,75,76)/t53-,54+,55-,62+,63+,64-,65?,67+,68+,69+,70-,71+/m1/s1. The lowest BCUT2D eigenvalue weighted by Crippen LogP contribution is -2.73. The Balaban J connectivity index is 1.16. The van der Waals surface area contributed by atoms with Gasteiger partial charge in [-0.3, -0.25) is 9.59 Å². The summed E-state index contributed by atoms with van der Waals surface area (Å²) in [5.41, 5.74) is 4.97. The molecule has 0 spiro atoms. The monoisotopic (exact) mass is 1280 g/mol. The number of carbonyl (C=O) groups is 2. The van der Waals surface area contributed by atoms with Crippen LogP contribution in [0.15, 0.2) is 187 Å². The van der Waals surface area contributed by atoms with E-state index in [-0.39, 0.29) is 36.4 Å². The van der Waals surface area contributed by atoms with E-state index in [4.69, 9.17) is 32.2 Å². The maximum Gasteiger partial charge on any atom is 0.305 e. The molecule has 4 saturated heterocycles. The highest BCUT2D eigenvalue weighted by Gasteiger charge is 2.65. The number of Topliss-reactive ketones (excluding diaryl/α,β-unsaturated/α-hetero) is 1. The number of fused-ring (bicyclic) bond motifs is 2. The molecule has 89 heavy (non-hydrogen) atoms. The molecule has 1 unspecified atom stereocenters. The van der Waals surface area contributed by atoms with E-state index in [0.29, 0.717) is 38.5 Å². The van der Waals surface area contributed by atoms with Gasteiger partial charge in [-0.15, -0.1) is 5.73 Å². The molecule has 9 rings (SSSR count). The average Bonchev–Trinajstić information content (AvgIpc) is 1.92. The summed E-state index contributed by atoms with van der Waals surface area (Å²) in [6, 6.07) is 52.5. The second kappa shape index (κ2) is 28.8. The Labute approximate surface area is 533 Å². The average molecular weight is 1280 g/mol. The molecule has 5 aromatic rings. The second-order valence-electron chi connectivity index (χ2n) is 27.3. The van der Waals surface area contributed by atoms with E-state index in [1.54, 1.807) is 30.3 Å². The number of sulfone groups is 1. The van der Waals surface area contributed by atoms with Crippen LogP contribution < -0.4 is 20.7 Å². The van der Waals surface area contributed by atoms with Crippen molar-refractivity contribution in [1.82, 2.24) is 0 Å². The van der Waals surface area contributed by atoms with Crippen LogP contribution in [0.1, 0.15) is 127 Å². The van der Waals surface area contributed by atoms with E-state index in [2.05, 4.69) is 130 Å². The van der Waals surface area contributed by atoms with Gasteiger partial charge in [-0.25, -0.2) is 8.42 Å². The van der Waals surface area contributed by atoms with E-state index in [9.17, 15) is 9.90 Å². The van der Waals surface area contributed by atoms with Crippen molar-refractivity contribution < 1.29 is 55.3 Å².